The Labute approximate surface area is 271 Å². The number of halogens is 1. The average molecular weight is 703 g/mol. The Balaban J connectivity index is 1.37. The van der Waals surface area contributed by atoms with Crippen LogP contribution in [0.4, 0.5) is 0 Å². The molecule has 2 aliphatic carbocycles. The lowest BCUT2D eigenvalue weighted by atomic mass is 9.53. The van der Waals surface area contributed by atoms with E-state index in [4.69, 9.17) is 9.39 Å². The highest BCUT2D eigenvalue weighted by Crippen LogP contribution is 2.52. The van der Waals surface area contributed by atoms with Crippen molar-refractivity contribution in [3.05, 3.63) is 97.9 Å². The number of hydrogen-bond acceptors (Lipinski definition) is 7. The third-order valence-electron chi connectivity index (χ3n) is 9.28. The number of carbonyl (C=O) groups excluding carboxylic acids is 2. The summed E-state index contributed by atoms with van der Waals surface area (Å²) >= 11 is 2.09. The van der Waals surface area contributed by atoms with E-state index in [9.17, 15) is 19.7 Å². The Morgan fingerprint density at radius 2 is 1.84 bits per heavy atom. The second kappa shape index (κ2) is 12.6. The lowest BCUT2D eigenvalue weighted by Crippen LogP contribution is -2.51. The first-order valence-electron chi connectivity index (χ1n) is 15.1. The molecule has 1 saturated heterocycles. The molecule has 9 heteroatoms. The van der Waals surface area contributed by atoms with Gasteiger partial charge in [-0.3, -0.25) is 14.6 Å². The van der Waals surface area contributed by atoms with Gasteiger partial charge in [0.25, 0.3) is 0 Å². The fourth-order valence-electron chi connectivity index (χ4n) is 7.30. The second-order valence-corrected chi connectivity index (χ2v) is 13.3. The van der Waals surface area contributed by atoms with Gasteiger partial charge < -0.3 is 19.5 Å². The van der Waals surface area contributed by atoms with E-state index in [0.29, 0.717) is 46.0 Å². The van der Waals surface area contributed by atoms with E-state index >= 15 is 0 Å². The number of aromatic hydroxyl groups is 1. The maximum Gasteiger partial charge on any atom is 0.455 e. The summed E-state index contributed by atoms with van der Waals surface area (Å²) in [6, 6.07) is 16.6. The van der Waals surface area contributed by atoms with Gasteiger partial charge in [0, 0.05) is 29.2 Å². The Morgan fingerprint density at radius 1 is 1.11 bits per heavy atom. The molecule has 0 spiro atoms. The number of phenolic OH excluding ortho intramolecular Hbond substituents is 1. The molecule has 2 aromatic carbocycles. The fourth-order valence-corrected chi connectivity index (χ4v) is 7.93. The van der Waals surface area contributed by atoms with Crippen LogP contribution in [-0.2, 0) is 4.65 Å². The van der Waals surface area contributed by atoms with Crippen LogP contribution in [0.25, 0.3) is 11.6 Å². The van der Waals surface area contributed by atoms with Crippen LogP contribution in [0.3, 0.4) is 0 Å². The van der Waals surface area contributed by atoms with Crippen molar-refractivity contribution in [2.45, 2.75) is 45.5 Å². The summed E-state index contributed by atoms with van der Waals surface area (Å²) in [7, 11) is 0.490. The highest BCUT2D eigenvalue weighted by atomic mass is 127. The summed E-state index contributed by atoms with van der Waals surface area (Å²) in [4.78, 5) is 32.3. The van der Waals surface area contributed by atoms with E-state index < -0.39 is 25.1 Å². The summed E-state index contributed by atoms with van der Waals surface area (Å²) in [5, 5.41) is 21.4. The first-order valence-corrected chi connectivity index (χ1v) is 16.2. The topological polar surface area (TPSA) is 106 Å². The number of hydrogen-bond donors (Lipinski definition) is 2. The van der Waals surface area contributed by atoms with Gasteiger partial charge in [-0.2, -0.15) is 0 Å². The van der Waals surface area contributed by atoms with Crippen molar-refractivity contribution in [2.24, 2.45) is 23.7 Å². The molecular formula is C35H35BINO6. The predicted molar refractivity (Wildman–Crippen MR) is 178 cm³/mol. The standard InChI is InChI=1S/C35H35BINO6/c1-19(2)24-17-25-32(34(40)23-9-5-4-8-22(23)33(25)39)26-18-36(42)44-29(31(24)26)12-11-21(28-10-6-7-13-38-28)14-20-15-27(37)35(41)30(16-20)43-3/h4-10,13-16,19,25-26,29,32,41-42H,11-12,17-18H2,1-3H3/b21-14-/t25-,26+,29-,32-/m1/s1. The summed E-state index contributed by atoms with van der Waals surface area (Å²) in [6.07, 6.45) is 5.34. The van der Waals surface area contributed by atoms with E-state index in [1.807, 2.05) is 36.4 Å². The highest BCUT2D eigenvalue weighted by molar-refractivity contribution is 14.1. The van der Waals surface area contributed by atoms with Crippen LogP contribution in [0.5, 0.6) is 11.5 Å². The monoisotopic (exact) mass is 703 g/mol. The lowest BCUT2D eigenvalue weighted by Gasteiger charge is -2.48. The third kappa shape index (κ3) is 5.65. The minimum absolute atomic E-state index is 0.00620. The fraction of sp³-hybridized carbons (Fsp3) is 0.343. The molecule has 6 rings (SSSR count). The highest BCUT2D eigenvalue weighted by Gasteiger charge is 2.53. The molecule has 1 aromatic heterocycles. The molecule has 2 heterocycles. The zero-order valence-corrected chi connectivity index (χ0v) is 27.2. The zero-order valence-electron chi connectivity index (χ0n) is 25.0. The van der Waals surface area contributed by atoms with Gasteiger partial charge in [0.2, 0.25) is 0 Å². The number of rotatable bonds is 7. The average Bonchev–Trinajstić information content (AvgIpc) is 3.02. The van der Waals surface area contributed by atoms with Gasteiger partial charge >= 0.3 is 7.12 Å². The van der Waals surface area contributed by atoms with Gasteiger partial charge in [-0.25, -0.2) is 0 Å². The van der Waals surface area contributed by atoms with Crippen LogP contribution < -0.4 is 4.74 Å². The molecule has 4 atom stereocenters. The Hall–Kier alpha value is -3.28. The molecule has 1 fully saturated rings. The maximum atomic E-state index is 14.0. The first-order chi connectivity index (χ1) is 21.2. The smallest absolute Gasteiger partial charge is 0.455 e. The molecule has 2 N–H and O–H groups in total. The first kappa shape index (κ1) is 30.7. The number of benzene rings is 2. The van der Waals surface area contributed by atoms with Crippen LogP contribution >= 0.6 is 22.6 Å². The molecule has 7 nitrogen and oxygen atoms in total. The lowest BCUT2D eigenvalue weighted by molar-refractivity contribution is 0.0594. The van der Waals surface area contributed by atoms with Crippen molar-refractivity contribution >= 4 is 52.9 Å². The Morgan fingerprint density at radius 3 is 2.52 bits per heavy atom. The van der Waals surface area contributed by atoms with E-state index in [1.54, 1.807) is 30.5 Å². The molecule has 0 saturated carbocycles. The van der Waals surface area contributed by atoms with E-state index in [2.05, 4.69) is 41.4 Å². The summed E-state index contributed by atoms with van der Waals surface area (Å²) < 4.78 is 12.3. The second-order valence-electron chi connectivity index (χ2n) is 12.1. The number of pyridine rings is 1. The van der Waals surface area contributed by atoms with E-state index in [-0.39, 0.29) is 29.2 Å². The molecule has 0 bridgehead atoms. The van der Waals surface area contributed by atoms with Crippen LogP contribution in [0, 0.1) is 27.2 Å². The van der Waals surface area contributed by atoms with Crippen molar-refractivity contribution in [3.8, 4) is 11.5 Å². The number of ether oxygens (including phenoxy) is 1. The molecule has 226 valence electrons. The van der Waals surface area contributed by atoms with Gasteiger partial charge in [0.1, 0.15) is 0 Å². The van der Waals surface area contributed by atoms with Gasteiger partial charge in [0.05, 0.1) is 22.5 Å². The molecule has 44 heavy (non-hydrogen) atoms. The number of allylic oxidation sites excluding steroid dienone is 2. The normalized spacial score (nSPS) is 23.4. The molecule has 0 radical (unpaired) electrons. The molecule has 3 aromatic rings. The zero-order chi connectivity index (χ0) is 31.1. The number of ketones is 2. The maximum absolute atomic E-state index is 14.0. The Bertz CT molecular complexity index is 1670. The molecule has 0 unspecified atom stereocenters. The minimum Gasteiger partial charge on any atom is -0.504 e. The van der Waals surface area contributed by atoms with Crippen LogP contribution in [0.2, 0.25) is 6.32 Å². The Kier molecular flexibility index (Phi) is 8.81. The van der Waals surface area contributed by atoms with Crippen LogP contribution in [0.1, 0.15) is 65.1 Å². The minimum atomic E-state index is -1.04. The summed E-state index contributed by atoms with van der Waals surface area (Å²) in [6.45, 7) is 4.26. The van der Waals surface area contributed by atoms with Crippen molar-refractivity contribution in [1.29, 1.82) is 0 Å². The van der Waals surface area contributed by atoms with E-state index in [1.165, 1.54) is 7.11 Å². The van der Waals surface area contributed by atoms with Gasteiger partial charge in [-0.05, 0) is 107 Å². The van der Waals surface area contributed by atoms with Crippen molar-refractivity contribution in [2.75, 3.05) is 7.11 Å². The third-order valence-corrected chi connectivity index (χ3v) is 10.1. The van der Waals surface area contributed by atoms with Gasteiger partial charge in [0.15, 0.2) is 23.1 Å². The van der Waals surface area contributed by atoms with Gasteiger partial charge in [-0.1, -0.05) is 49.8 Å². The number of aromatic nitrogens is 1. The predicted octanol–water partition coefficient (Wildman–Crippen LogP) is 6.88. The van der Waals surface area contributed by atoms with Crippen molar-refractivity contribution < 1.29 is 29.1 Å². The number of nitrogens with zero attached hydrogens (tertiary/aromatic N) is 1. The van der Waals surface area contributed by atoms with Crippen LogP contribution in [0.15, 0.2) is 71.9 Å². The SMILES string of the molecule is COc1cc(/C=C(/CC[C@H]2OB(O)C[C@H]3C2=C(C(C)C)C[C@H]2C(=O)c4ccccc4C(=O)[C@H]23)c2ccccn2)cc(I)c1O. The molecule has 0 amide bonds. The number of Topliss-reactive ketones (excluding diaryl/α,β-unsaturated/α-hetero) is 2. The van der Waals surface area contributed by atoms with Gasteiger partial charge in [-0.15, -0.1) is 0 Å². The number of fused-ring (bicyclic) bond motifs is 4. The quantitative estimate of drug-likeness (QED) is 0.157. The summed E-state index contributed by atoms with van der Waals surface area (Å²) in [5.41, 5.74) is 5.88. The van der Waals surface area contributed by atoms with E-state index in [0.717, 1.165) is 28.0 Å². The summed E-state index contributed by atoms with van der Waals surface area (Å²) in [5.74, 6) is -0.530. The number of phenols is 1. The molecule has 3 aliphatic rings. The molecule has 1 aliphatic heterocycles. The van der Waals surface area contributed by atoms with Crippen LogP contribution in [-0.4, -0.2) is 47.0 Å². The van der Waals surface area contributed by atoms with Crippen molar-refractivity contribution in [3.63, 3.8) is 0 Å². The van der Waals surface area contributed by atoms with Crippen molar-refractivity contribution in [1.82, 2.24) is 4.98 Å². The number of methoxy groups -OCH3 is 1. The number of carbonyl (C=O) groups is 2. The molecular weight excluding hydrogens is 668 g/mol. The largest absolute Gasteiger partial charge is 0.504 e.